The fourth-order valence-corrected chi connectivity index (χ4v) is 3.23. The molecule has 1 aliphatic rings. The highest BCUT2D eigenvalue weighted by atomic mass is 32.1. The summed E-state index contributed by atoms with van der Waals surface area (Å²) in [5, 5.41) is 0. The average molecular weight is 208 g/mol. The van der Waals surface area contributed by atoms with Crippen LogP contribution in [0.2, 0.25) is 0 Å². The van der Waals surface area contributed by atoms with Crippen LogP contribution in [-0.2, 0) is 0 Å². The van der Waals surface area contributed by atoms with Crippen LogP contribution in [0, 0.1) is 5.92 Å². The molecule has 0 aromatic carbocycles. The zero-order valence-electron chi connectivity index (χ0n) is 6.66. The van der Waals surface area contributed by atoms with E-state index in [2.05, 4.69) is 25.3 Å². The van der Waals surface area contributed by atoms with Gasteiger partial charge in [0.1, 0.15) is 0 Å². The predicted molar refractivity (Wildman–Crippen MR) is 61.4 cm³/mol. The summed E-state index contributed by atoms with van der Waals surface area (Å²) in [5.74, 6) is 2.52. The maximum Gasteiger partial charge on any atom is 0.0253 e. The van der Waals surface area contributed by atoms with Gasteiger partial charge in [-0.25, -0.2) is 0 Å². The van der Waals surface area contributed by atoms with Crippen LogP contribution in [0.4, 0.5) is 0 Å². The van der Waals surface area contributed by atoms with Gasteiger partial charge in [0.05, 0.1) is 0 Å². The van der Waals surface area contributed by atoms with Crippen molar-refractivity contribution in [1.29, 1.82) is 0 Å². The summed E-state index contributed by atoms with van der Waals surface area (Å²) in [4.78, 5) is 0. The van der Waals surface area contributed by atoms with Crippen molar-refractivity contribution < 1.29 is 0 Å². The van der Waals surface area contributed by atoms with Crippen LogP contribution in [0.3, 0.4) is 0 Å². The lowest BCUT2D eigenvalue weighted by molar-refractivity contribution is 0.325. The Balaban J connectivity index is 2.57. The molecule has 2 atom stereocenters. The van der Waals surface area contributed by atoms with Gasteiger partial charge in [-0.3, -0.25) is 0 Å². The van der Waals surface area contributed by atoms with Crippen LogP contribution in [0.25, 0.3) is 0 Å². The number of thiol groups is 3. The maximum atomic E-state index is 4.70. The summed E-state index contributed by atoms with van der Waals surface area (Å²) >= 11 is 13.4. The Kier molecular flexibility index (Phi) is 3.99. The van der Waals surface area contributed by atoms with E-state index in [4.69, 9.17) is 12.6 Å². The summed E-state index contributed by atoms with van der Waals surface area (Å²) < 4.78 is 0.170. The van der Waals surface area contributed by atoms with E-state index in [0.717, 1.165) is 11.5 Å². The molecule has 0 spiro atoms. The van der Waals surface area contributed by atoms with E-state index in [1.165, 1.54) is 25.7 Å². The van der Waals surface area contributed by atoms with Crippen LogP contribution in [-0.4, -0.2) is 16.3 Å². The summed E-state index contributed by atoms with van der Waals surface area (Å²) in [7, 11) is 0. The molecular formula is C8H16S3. The van der Waals surface area contributed by atoms with Crippen molar-refractivity contribution in [2.45, 2.75) is 30.4 Å². The van der Waals surface area contributed by atoms with Gasteiger partial charge in [0.15, 0.2) is 0 Å². The molecule has 0 nitrogen and oxygen atoms in total. The average Bonchev–Trinajstić information content (AvgIpc) is 2.05. The summed E-state index contributed by atoms with van der Waals surface area (Å²) in [6, 6.07) is 0. The van der Waals surface area contributed by atoms with E-state index < -0.39 is 0 Å². The third kappa shape index (κ3) is 2.25. The highest BCUT2D eigenvalue weighted by Crippen LogP contribution is 2.40. The quantitative estimate of drug-likeness (QED) is 0.571. The summed E-state index contributed by atoms with van der Waals surface area (Å²) in [6.07, 6.45) is 5.16. The highest BCUT2D eigenvalue weighted by Gasteiger charge is 2.35. The molecule has 0 aromatic rings. The lowest BCUT2D eigenvalue weighted by Gasteiger charge is -2.38. The molecule has 3 heteroatoms. The Morgan fingerprint density at radius 2 is 2.00 bits per heavy atom. The second-order valence-corrected chi connectivity index (χ2v) is 4.96. The fraction of sp³-hybridized carbons (Fsp3) is 1.00. The molecule has 1 rings (SSSR count). The van der Waals surface area contributed by atoms with Crippen molar-refractivity contribution in [3.8, 4) is 0 Å². The van der Waals surface area contributed by atoms with E-state index in [9.17, 15) is 0 Å². The minimum absolute atomic E-state index is 0.170. The zero-order chi connectivity index (χ0) is 8.32. The van der Waals surface area contributed by atoms with Gasteiger partial charge in [-0.2, -0.15) is 37.9 Å². The monoisotopic (exact) mass is 208 g/mol. The summed E-state index contributed by atoms with van der Waals surface area (Å²) in [5.41, 5.74) is 0. The predicted octanol–water partition coefficient (Wildman–Crippen LogP) is 2.70. The SMILES string of the molecule is SCC1CCCCC1(S)CS. The third-order valence-electron chi connectivity index (χ3n) is 2.67. The number of hydrogen-bond donors (Lipinski definition) is 3. The molecule has 0 N–H and O–H groups in total. The first-order valence-corrected chi connectivity index (χ1v) is 5.88. The van der Waals surface area contributed by atoms with Crippen LogP contribution < -0.4 is 0 Å². The summed E-state index contributed by atoms with van der Waals surface area (Å²) in [6.45, 7) is 0. The van der Waals surface area contributed by atoms with Crippen molar-refractivity contribution in [1.82, 2.24) is 0 Å². The van der Waals surface area contributed by atoms with Crippen LogP contribution >= 0.6 is 37.9 Å². The van der Waals surface area contributed by atoms with Crippen LogP contribution in [0.1, 0.15) is 25.7 Å². The molecule has 0 bridgehead atoms. The molecule has 0 aromatic heterocycles. The molecule has 11 heavy (non-hydrogen) atoms. The topological polar surface area (TPSA) is 0 Å². The molecule has 2 unspecified atom stereocenters. The first kappa shape index (κ1) is 10.1. The van der Waals surface area contributed by atoms with Crippen molar-refractivity contribution in [3.05, 3.63) is 0 Å². The Morgan fingerprint density at radius 3 is 2.45 bits per heavy atom. The highest BCUT2D eigenvalue weighted by molar-refractivity contribution is 7.85. The van der Waals surface area contributed by atoms with Crippen molar-refractivity contribution in [3.63, 3.8) is 0 Å². The molecule has 0 heterocycles. The van der Waals surface area contributed by atoms with Crippen molar-refractivity contribution >= 4 is 37.9 Å². The Labute approximate surface area is 85.8 Å². The lowest BCUT2D eigenvalue weighted by atomic mass is 9.80. The van der Waals surface area contributed by atoms with Gasteiger partial charge in [0.25, 0.3) is 0 Å². The van der Waals surface area contributed by atoms with Gasteiger partial charge in [-0.05, 0) is 24.5 Å². The van der Waals surface area contributed by atoms with Crippen molar-refractivity contribution in [2.75, 3.05) is 11.5 Å². The number of rotatable bonds is 2. The Hall–Kier alpha value is 1.05. The van der Waals surface area contributed by atoms with Gasteiger partial charge < -0.3 is 0 Å². The fourth-order valence-electron chi connectivity index (χ4n) is 1.76. The Morgan fingerprint density at radius 1 is 1.27 bits per heavy atom. The molecular weight excluding hydrogens is 192 g/mol. The first-order chi connectivity index (χ1) is 5.23. The van der Waals surface area contributed by atoms with Gasteiger partial charge in [0.2, 0.25) is 0 Å². The van der Waals surface area contributed by atoms with E-state index in [1.54, 1.807) is 0 Å². The third-order valence-corrected chi connectivity index (χ3v) is 4.67. The number of hydrogen-bond acceptors (Lipinski definition) is 3. The van der Waals surface area contributed by atoms with E-state index in [0.29, 0.717) is 5.92 Å². The standard InChI is InChI=1S/C8H16S3/c9-5-7-3-1-2-4-8(7,11)6-10/h7,9-11H,1-6H2. The van der Waals surface area contributed by atoms with Gasteiger partial charge in [-0.15, -0.1) is 0 Å². The smallest absolute Gasteiger partial charge is 0.0253 e. The minimum atomic E-state index is 0.170. The first-order valence-electron chi connectivity index (χ1n) is 4.17. The van der Waals surface area contributed by atoms with E-state index in [-0.39, 0.29) is 4.75 Å². The molecule has 1 saturated carbocycles. The van der Waals surface area contributed by atoms with Gasteiger partial charge in [0, 0.05) is 10.5 Å². The molecule has 66 valence electrons. The second kappa shape index (κ2) is 4.33. The molecule has 0 radical (unpaired) electrons. The lowest BCUT2D eigenvalue weighted by Crippen LogP contribution is -2.38. The van der Waals surface area contributed by atoms with Crippen LogP contribution in [0.5, 0.6) is 0 Å². The Bertz CT molecular complexity index is 127. The van der Waals surface area contributed by atoms with E-state index in [1.807, 2.05) is 0 Å². The van der Waals surface area contributed by atoms with Crippen LogP contribution in [0.15, 0.2) is 0 Å². The van der Waals surface area contributed by atoms with Crippen molar-refractivity contribution in [2.24, 2.45) is 5.92 Å². The molecule has 1 fully saturated rings. The van der Waals surface area contributed by atoms with E-state index >= 15 is 0 Å². The maximum absolute atomic E-state index is 4.70. The minimum Gasteiger partial charge on any atom is -0.179 e. The molecule has 0 aliphatic heterocycles. The molecule has 0 amide bonds. The van der Waals surface area contributed by atoms with Gasteiger partial charge >= 0.3 is 0 Å². The molecule has 1 aliphatic carbocycles. The molecule has 0 saturated heterocycles. The second-order valence-electron chi connectivity index (χ2n) is 3.39. The zero-order valence-corrected chi connectivity index (χ0v) is 9.34. The van der Waals surface area contributed by atoms with Gasteiger partial charge in [-0.1, -0.05) is 12.8 Å². The normalized spacial score (nSPS) is 39.0. The largest absolute Gasteiger partial charge is 0.179 e.